The van der Waals surface area contributed by atoms with Gasteiger partial charge >= 0.3 is 0 Å². The molecule has 16 heavy (non-hydrogen) atoms. The molecular formula is C11H14IN3O. The van der Waals surface area contributed by atoms with Gasteiger partial charge in [0.25, 0.3) is 0 Å². The zero-order valence-corrected chi connectivity index (χ0v) is 11.3. The Labute approximate surface area is 109 Å². The van der Waals surface area contributed by atoms with Crippen LogP contribution in [0, 0.1) is 3.57 Å². The molecule has 0 saturated carbocycles. The van der Waals surface area contributed by atoms with Crippen LogP contribution >= 0.6 is 22.6 Å². The number of fused-ring (bicyclic) bond motifs is 2. The Balaban J connectivity index is 1.91. The first kappa shape index (κ1) is 10.6. The highest BCUT2D eigenvalue weighted by Gasteiger charge is 2.39. The third-order valence-electron chi connectivity index (χ3n) is 3.23. The first-order valence-electron chi connectivity index (χ1n) is 5.50. The van der Waals surface area contributed by atoms with Gasteiger partial charge in [-0.3, -0.25) is 0 Å². The van der Waals surface area contributed by atoms with E-state index in [0.29, 0.717) is 12.1 Å². The minimum Gasteiger partial charge on any atom is -0.374 e. The molecule has 0 spiro atoms. The van der Waals surface area contributed by atoms with E-state index in [0.717, 1.165) is 31.2 Å². The van der Waals surface area contributed by atoms with Gasteiger partial charge in [-0.15, -0.1) is 0 Å². The average Bonchev–Trinajstić information content (AvgIpc) is 2.89. The fourth-order valence-electron chi connectivity index (χ4n) is 2.44. The van der Waals surface area contributed by atoms with Crippen molar-refractivity contribution in [3.05, 3.63) is 15.7 Å². The summed E-state index contributed by atoms with van der Waals surface area (Å²) >= 11 is 2.33. The number of nitrogens with zero attached hydrogens (tertiary/aromatic N) is 2. The Bertz CT molecular complexity index is 412. The molecule has 1 N–H and O–H groups in total. The number of ether oxygens (including phenoxy) is 1. The molecule has 1 aromatic rings. The standard InChI is InChI=1S/C11H14IN3O/c1-13-10-2-7(12)3-11(14-10)15-5-9-4-8(15)6-16-9/h2-3,8-9H,4-6H2,1H3,(H,13,14)/t8-,9-/m1/s1. The second-order valence-corrected chi connectivity index (χ2v) is 5.52. The molecule has 0 unspecified atom stereocenters. The molecule has 1 aromatic heterocycles. The van der Waals surface area contributed by atoms with Gasteiger partial charge in [-0.25, -0.2) is 4.98 Å². The highest BCUT2D eigenvalue weighted by molar-refractivity contribution is 14.1. The summed E-state index contributed by atoms with van der Waals surface area (Å²) in [5.41, 5.74) is 0. The van der Waals surface area contributed by atoms with Crippen LogP contribution in [-0.4, -0.2) is 37.3 Å². The van der Waals surface area contributed by atoms with Crippen molar-refractivity contribution in [2.45, 2.75) is 18.6 Å². The zero-order valence-electron chi connectivity index (χ0n) is 9.11. The summed E-state index contributed by atoms with van der Waals surface area (Å²) in [5, 5.41) is 3.10. The molecule has 0 aliphatic carbocycles. The molecule has 0 aromatic carbocycles. The van der Waals surface area contributed by atoms with Crippen molar-refractivity contribution in [1.82, 2.24) is 4.98 Å². The lowest BCUT2D eigenvalue weighted by Gasteiger charge is -2.28. The van der Waals surface area contributed by atoms with E-state index < -0.39 is 0 Å². The third kappa shape index (κ3) is 1.75. The van der Waals surface area contributed by atoms with Crippen molar-refractivity contribution >= 4 is 34.2 Å². The van der Waals surface area contributed by atoms with Crippen LogP contribution in [0.1, 0.15) is 6.42 Å². The van der Waals surface area contributed by atoms with Crippen LogP contribution in [0.2, 0.25) is 0 Å². The number of pyridine rings is 1. The molecule has 4 nitrogen and oxygen atoms in total. The molecule has 3 heterocycles. The van der Waals surface area contributed by atoms with Crippen LogP contribution in [-0.2, 0) is 4.74 Å². The summed E-state index contributed by atoms with van der Waals surface area (Å²) in [6.45, 7) is 1.84. The second kappa shape index (κ2) is 4.03. The van der Waals surface area contributed by atoms with Gasteiger partial charge in [0.2, 0.25) is 0 Å². The largest absolute Gasteiger partial charge is 0.374 e. The van der Waals surface area contributed by atoms with Gasteiger partial charge in [0.05, 0.1) is 18.8 Å². The van der Waals surface area contributed by atoms with E-state index in [-0.39, 0.29) is 0 Å². The summed E-state index contributed by atoms with van der Waals surface area (Å²) < 4.78 is 6.82. The second-order valence-electron chi connectivity index (χ2n) is 4.28. The van der Waals surface area contributed by atoms with Crippen LogP contribution in [0.25, 0.3) is 0 Å². The maximum Gasteiger partial charge on any atom is 0.132 e. The van der Waals surface area contributed by atoms with Gasteiger partial charge in [0, 0.05) is 17.2 Å². The minimum atomic E-state index is 0.419. The number of rotatable bonds is 2. The van der Waals surface area contributed by atoms with E-state index in [4.69, 9.17) is 4.74 Å². The van der Waals surface area contributed by atoms with E-state index in [1.54, 1.807) is 0 Å². The predicted molar refractivity (Wildman–Crippen MR) is 72.0 cm³/mol. The third-order valence-corrected chi connectivity index (χ3v) is 3.85. The van der Waals surface area contributed by atoms with Gasteiger partial charge in [-0.1, -0.05) is 0 Å². The van der Waals surface area contributed by atoms with Crippen LogP contribution in [0.4, 0.5) is 11.6 Å². The molecule has 0 amide bonds. The first-order valence-corrected chi connectivity index (χ1v) is 6.58. The number of nitrogens with one attached hydrogen (secondary N) is 1. The fraction of sp³-hybridized carbons (Fsp3) is 0.545. The van der Waals surface area contributed by atoms with Crippen LogP contribution < -0.4 is 10.2 Å². The number of halogens is 1. The lowest BCUT2D eigenvalue weighted by Crippen LogP contribution is -2.37. The van der Waals surface area contributed by atoms with Crippen LogP contribution in [0.15, 0.2) is 12.1 Å². The number of anilines is 2. The summed E-state index contributed by atoms with van der Waals surface area (Å²) in [4.78, 5) is 6.98. The van der Waals surface area contributed by atoms with Crippen molar-refractivity contribution in [2.24, 2.45) is 0 Å². The highest BCUT2D eigenvalue weighted by atomic mass is 127. The summed E-state index contributed by atoms with van der Waals surface area (Å²) in [6.07, 6.45) is 1.57. The maximum absolute atomic E-state index is 5.60. The van der Waals surface area contributed by atoms with E-state index in [9.17, 15) is 0 Å². The molecular weight excluding hydrogens is 317 g/mol. The Hall–Kier alpha value is -0.560. The average molecular weight is 331 g/mol. The van der Waals surface area contributed by atoms with Gasteiger partial charge in [0.1, 0.15) is 11.6 Å². The SMILES string of the molecule is CNc1cc(I)cc(N2C[C@H]3C[C@@H]2CO3)n1. The first-order chi connectivity index (χ1) is 7.76. The monoisotopic (exact) mass is 331 g/mol. The van der Waals surface area contributed by atoms with Gasteiger partial charge < -0.3 is 15.0 Å². The maximum atomic E-state index is 5.60. The Morgan fingerprint density at radius 3 is 3.06 bits per heavy atom. The molecule has 2 bridgehead atoms. The van der Waals surface area contributed by atoms with Gasteiger partial charge in [-0.2, -0.15) is 0 Å². The molecule has 5 heteroatoms. The molecule has 2 aliphatic rings. The Kier molecular flexibility index (Phi) is 2.67. The lowest BCUT2D eigenvalue weighted by atomic mass is 10.2. The summed E-state index contributed by atoms with van der Waals surface area (Å²) in [5.74, 6) is 2.01. The summed E-state index contributed by atoms with van der Waals surface area (Å²) in [6, 6.07) is 4.72. The van der Waals surface area contributed by atoms with E-state index >= 15 is 0 Å². The topological polar surface area (TPSA) is 37.4 Å². The Morgan fingerprint density at radius 1 is 1.56 bits per heavy atom. The lowest BCUT2D eigenvalue weighted by molar-refractivity contribution is 0.0989. The minimum absolute atomic E-state index is 0.419. The quantitative estimate of drug-likeness (QED) is 0.838. The molecule has 2 saturated heterocycles. The van der Waals surface area contributed by atoms with Crippen molar-refractivity contribution in [2.75, 3.05) is 30.4 Å². The van der Waals surface area contributed by atoms with E-state index in [2.05, 4.69) is 49.9 Å². The summed E-state index contributed by atoms with van der Waals surface area (Å²) in [7, 11) is 1.90. The number of hydrogen-bond acceptors (Lipinski definition) is 4. The van der Waals surface area contributed by atoms with Crippen molar-refractivity contribution in [3.63, 3.8) is 0 Å². The van der Waals surface area contributed by atoms with Crippen molar-refractivity contribution in [1.29, 1.82) is 0 Å². The number of hydrogen-bond donors (Lipinski definition) is 1. The zero-order chi connectivity index (χ0) is 11.1. The van der Waals surface area contributed by atoms with E-state index in [1.807, 2.05) is 7.05 Å². The normalized spacial score (nSPS) is 27.5. The molecule has 3 rings (SSSR count). The molecule has 2 fully saturated rings. The number of aromatic nitrogens is 1. The molecule has 2 atom stereocenters. The van der Waals surface area contributed by atoms with E-state index in [1.165, 1.54) is 3.57 Å². The molecule has 86 valence electrons. The fourth-order valence-corrected chi connectivity index (χ4v) is 3.01. The number of morpholine rings is 1. The predicted octanol–water partition coefficient (Wildman–Crippen LogP) is 1.71. The van der Waals surface area contributed by atoms with Crippen molar-refractivity contribution in [3.8, 4) is 0 Å². The van der Waals surface area contributed by atoms with Gasteiger partial charge in [-0.05, 0) is 41.1 Å². The highest BCUT2D eigenvalue weighted by Crippen LogP contribution is 2.32. The van der Waals surface area contributed by atoms with Crippen LogP contribution in [0.3, 0.4) is 0 Å². The molecule has 0 radical (unpaired) electrons. The molecule has 2 aliphatic heterocycles. The van der Waals surface area contributed by atoms with Gasteiger partial charge in [0.15, 0.2) is 0 Å². The smallest absolute Gasteiger partial charge is 0.132 e. The Morgan fingerprint density at radius 2 is 2.44 bits per heavy atom. The van der Waals surface area contributed by atoms with Crippen molar-refractivity contribution < 1.29 is 4.74 Å². The van der Waals surface area contributed by atoms with Crippen LogP contribution in [0.5, 0.6) is 0 Å².